The molecule has 15 heavy (non-hydrogen) atoms. The van der Waals surface area contributed by atoms with Crippen LogP contribution in [0.3, 0.4) is 0 Å². The molecule has 0 aliphatic heterocycles. The Bertz CT molecular complexity index is 503. The SMILES string of the molecule is CCOC(=O)c1oc2cccnc2c1O. The number of aromatic nitrogens is 1. The molecule has 78 valence electrons. The number of hydrogen-bond acceptors (Lipinski definition) is 5. The molecule has 2 heterocycles. The van der Waals surface area contributed by atoms with Gasteiger partial charge in [0.15, 0.2) is 16.8 Å². The number of fused-ring (bicyclic) bond motifs is 1. The van der Waals surface area contributed by atoms with Crippen molar-refractivity contribution in [2.24, 2.45) is 0 Å². The zero-order chi connectivity index (χ0) is 10.8. The molecule has 0 unspecified atom stereocenters. The van der Waals surface area contributed by atoms with Crippen LogP contribution in [0.25, 0.3) is 11.1 Å². The number of rotatable bonds is 2. The fraction of sp³-hybridized carbons (Fsp3) is 0.200. The minimum absolute atomic E-state index is 0.203. The van der Waals surface area contributed by atoms with Crippen LogP contribution in [0.5, 0.6) is 5.75 Å². The van der Waals surface area contributed by atoms with Gasteiger partial charge in [-0.05, 0) is 19.1 Å². The number of furan rings is 1. The Morgan fingerprint density at radius 1 is 1.67 bits per heavy atom. The third-order valence-electron chi connectivity index (χ3n) is 1.88. The first-order chi connectivity index (χ1) is 7.24. The molecular formula is C10H9NO4. The highest BCUT2D eigenvalue weighted by atomic mass is 16.5. The molecule has 0 spiro atoms. The van der Waals surface area contributed by atoms with Crippen LogP contribution in [0.1, 0.15) is 17.5 Å². The Hall–Kier alpha value is -2.04. The Morgan fingerprint density at radius 2 is 2.47 bits per heavy atom. The lowest BCUT2D eigenvalue weighted by Crippen LogP contribution is -2.02. The Morgan fingerprint density at radius 3 is 3.13 bits per heavy atom. The first-order valence-corrected chi connectivity index (χ1v) is 4.47. The molecule has 0 aromatic carbocycles. The summed E-state index contributed by atoms with van der Waals surface area (Å²) >= 11 is 0. The summed E-state index contributed by atoms with van der Waals surface area (Å²) in [7, 11) is 0. The van der Waals surface area contributed by atoms with Gasteiger partial charge in [-0.15, -0.1) is 0 Å². The summed E-state index contributed by atoms with van der Waals surface area (Å²) < 4.78 is 9.84. The highest BCUT2D eigenvalue weighted by molar-refractivity contribution is 5.96. The van der Waals surface area contributed by atoms with Crippen LogP contribution in [-0.2, 0) is 4.74 Å². The maximum Gasteiger partial charge on any atom is 0.378 e. The highest BCUT2D eigenvalue weighted by Gasteiger charge is 2.21. The molecule has 5 nitrogen and oxygen atoms in total. The van der Waals surface area contributed by atoms with Crippen molar-refractivity contribution < 1.29 is 19.1 Å². The van der Waals surface area contributed by atoms with Gasteiger partial charge in [0.1, 0.15) is 0 Å². The smallest absolute Gasteiger partial charge is 0.378 e. The standard InChI is InChI=1S/C10H9NO4/c1-2-14-10(13)9-8(12)7-6(15-9)4-3-5-11-7/h3-5,12H,2H2,1H3. The predicted molar refractivity (Wildman–Crippen MR) is 51.6 cm³/mol. The normalized spacial score (nSPS) is 10.5. The van der Waals surface area contributed by atoms with Gasteiger partial charge >= 0.3 is 5.97 Å². The molecule has 0 atom stereocenters. The number of carbonyl (C=O) groups excluding carboxylic acids is 1. The molecule has 5 heteroatoms. The fourth-order valence-corrected chi connectivity index (χ4v) is 1.25. The minimum atomic E-state index is -0.687. The molecular weight excluding hydrogens is 198 g/mol. The largest absolute Gasteiger partial charge is 0.502 e. The van der Waals surface area contributed by atoms with Crippen LogP contribution >= 0.6 is 0 Å². The highest BCUT2D eigenvalue weighted by Crippen LogP contribution is 2.30. The van der Waals surface area contributed by atoms with E-state index in [0.717, 1.165) is 0 Å². The second kappa shape index (κ2) is 3.61. The van der Waals surface area contributed by atoms with Gasteiger partial charge in [-0.25, -0.2) is 9.78 Å². The number of ether oxygens (including phenoxy) is 1. The second-order valence-electron chi connectivity index (χ2n) is 2.85. The predicted octanol–water partition coefficient (Wildman–Crippen LogP) is 1.71. The van der Waals surface area contributed by atoms with Crippen molar-refractivity contribution in [2.45, 2.75) is 6.92 Å². The van der Waals surface area contributed by atoms with E-state index in [0.29, 0.717) is 5.58 Å². The van der Waals surface area contributed by atoms with Crippen molar-refractivity contribution >= 4 is 17.1 Å². The zero-order valence-electron chi connectivity index (χ0n) is 8.06. The van der Waals surface area contributed by atoms with Crippen molar-refractivity contribution in [1.82, 2.24) is 4.98 Å². The summed E-state index contributed by atoms with van der Waals surface area (Å²) in [6, 6.07) is 3.27. The summed E-state index contributed by atoms with van der Waals surface area (Å²) in [5.41, 5.74) is 0.624. The van der Waals surface area contributed by atoms with E-state index >= 15 is 0 Å². The maximum atomic E-state index is 11.3. The van der Waals surface area contributed by atoms with Gasteiger partial charge in [-0.2, -0.15) is 0 Å². The number of carbonyl (C=O) groups is 1. The third kappa shape index (κ3) is 1.52. The van der Waals surface area contributed by atoms with E-state index in [1.807, 2.05) is 0 Å². The van der Waals surface area contributed by atoms with Crippen LogP contribution < -0.4 is 0 Å². The van der Waals surface area contributed by atoms with Crippen molar-refractivity contribution in [3.63, 3.8) is 0 Å². The van der Waals surface area contributed by atoms with Gasteiger partial charge in [0.05, 0.1) is 6.61 Å². The van der Waals surface area contributed by atoms with Gasteiger partial charge in [0, 0.05) is 6.20 Å². The van der Waals surface area contributed by atoms with E-state index in [-0.39, 0.29) is 23.6 Å². The molecule has 0 saturated heterocycles. The fourth-order valence-electron chi connectivity index (χ4n) is 1.25. The Balaban J connectivity index is 2.53. The number of aromatic hydroxyl groups is 1. The average molecular weight is 207 g/mol. The number of esters is 1. The van der Waals surface area contributed by atoms with E-state index in [1.165, 1.54) is 6.20 Å². The van der Waals surface area contributed by atoms with E-state index < -0.39 is 5.97 Å². The van der Waals surface area contributed by atoms with Crippen molar-refractivity contribution in [3.8, 4) is 5.75 Å². The zero-order valence-corrected chi connectivity index (χ0v) is 8.06. The molecule has 2 aromatic rings. The molecule has 0 bridgehead atoms. The van der Waals surface area contributed by atoms with Gasteiger partial charge in [-0.3, -0.25) is 0 Å². The molecule has 0 amide bonds. The second-order valence-corrected chi connectivity index (χ2v) is 2.85. The van der Waals surface area contributed by atoms with E-state index in [2.05, 4.69) is 4.98 Å². The summed E-state index contributed by atoms with van der Waals surface area (Å²) in [5, 5.41) is 9.63. The van der Waals surface area contributed by atoms with Crippen molar-refractivity contribution in [2.75, 3.05) is 6.61 Å². The first kappa shape index (κ1) is 9.51. The Labute approximate surface area is 85.3 Å². The summed E-state index contributed by atoms with van der Waals surface area (Å²) in [6.07, 6.45) is 1.51. The van der Waals surface area contributed by atoms with Crippen LogP contribution in [0.4, 0.5) is 0 Å². The van der Waals surface area contributed by atoms with Crippen LogP contribution in [0.15, 0.2) is 22.7 Å². The molecule has 2 aromatic heterocycles. The van der Waals surface area contributed by atoms with E-state index in [4.69, 9.17) is 9.15 Å². The molecule has 0 radical (unpaired) electrons. The van der Waals surface area contributed by atoms with Gasteiger partial charge in [-0.1, -0.05) is 0 Å². The van der Waals surface area contributed by atoms with Crippen molar-refractivity contribution in [1.29, 1.82) is 0 Å². The quantitative estimate of drug-likeness (QED) is 0.759. The van der Waals surface area contributed by atoms with Crippen LogP contribution in [0, 0.1) is 0 Å². The van der Waals surface area contributed by atoms with Gasteiger partial charge < -0.3 is 14.3 Å². The minimum Gasteiger partial charge on any atom is -0.502 e. The number of nitrogens with zero attached hydrogens (tertiary/aromatic N) is 1. The molecule has 0 aliphatic rings. The van der Waals surface area contributed by atoms with E-state index in [9.17, 15) is 9.90 Å². The molecule has 0 saturated carbocycles. The molecule has 1 N–H and O–H groups in total. The van der Waals surface area contributed by atoms with Crippen LogP contribution in [-0.4, -0.2) is 22.7 Å². The first-order valence-electron chi connectivity index (χ1n) is 4.47. The molecule has 0 fully saturated rings. The van der Waals surface area contributed by atoms with Gasteiger partial charge in [0.2, 0.25) is 0 Å². The number of pyridine rings is 1. The summed E-state index contributed by atoms with van der Waals surface area (Å²) in [5.74, 6) is -1.16. The topological polar surface area (TPSA) is 72.6 Å². The maximum absolute atomic E-state index is 11.3. The number of hydrogen-bond donors (Lipinski definition) is 1. The average Bonchev–Trinajstić information content (AvgIpc) is 2.57. The van der Waals surface area contributed by atoms with E-state index in [1.54, 1.807) is 19.1 Å². The third-order valence-corrected chi connectivity index (χ3v) is 1.88. The molecule has 2 rings (SSSR count). The summed E-state index contributed by atoms with van der Waals surface area (Å²) in [4.78, 5) is 15.2. The Kier molecular flexibility index (Phi) is 2.29. The lowest BCUT2D eigenvalue weighted by atomic mass is 10.3. The lowest BCUT2D eigenvalue weighted by Gasteiger charge is -1.96. The van der Waals surface area contributed by atoms with Crippen molar-refractivity contribution in [3.05, 3.63) is 24.1 Å². The monoisotopic (exact) mass is 207 g/mol. The lowest BCUT2D eigenvalue weighted by molar-refractivity contribution is 0.0488. The summed E-state index contributed by atoms with van der Waals surface area (Å²) in [6.45, 7) is 1.90. The van der Waals surface area contributed by atoms with Crippen LogP contribution in [0.2, 0.25) is 0 Å². The van der Waals surface area contributed by atoms with Gasteiger partial charge in [0.25, 0.3) is 5.76 Å². The molecule has 0 aliphatic carbocycles.